The Hall–Kier alpha value is -5.01. The summed E-state index contributed by atoms with van der Waals surface area (Å²) >= 11 is 0. The van der Waals surface area contributed by atoms with E-state index in [2.05, 4.69) is 26.6 Å². The summed E-state index contributed by atoms with van der Waals surface area (Å²) in [4.78, 5) is 60.1. The minimum absolute atomic E-state index is 0.145. The van der Waals surface area contributed by atoms with E-state index in [1.165, 1.54) is 31.2 Å². The highest BCUT2D eigenvalue weighted by atomic mass is 16.6. The predicted molar refractivity (Wildman–Crippen MR) is 139 cm³/mol. The van der Waals surface area contributed by atoms with Gasteiger partial charge in [-0.05, 0) is 44.0 Å². The van der Waals surface area contributed by atoms with Gasteiger partial charge in [0.25, 0.3) is 11.6 Å². The Balaban J connectivity index is 1.92. The molecule has 0 saturated heterocycles. The highest BCUT2D eigenvalue weighted by Crippen LogP contribution is 2.16. The fourth-order valence-corrected chi connectivity index (χ4v) is 3.19. The number of nitro benzene ring substituents is 1. The van der Waals surface area contributed by atoms with Gasteiger partial charge in [-0.1, -0.05) is 18.2 Å². The zero-order valence-corrected chi connectivity index (χ0v) is 20.7. The SMILES string of the molecule is C[C@H](NC(=O)c1ccccc1)C(=O)NCC(=O)N[C@@H](CCCNC(=N)N)C(=O)Nc1ccc([N+](=O)[O-])cc1. The molecule has 38 heavy (non-hydrogen) atoms. The van der Waals surface area contributed by atoms with Crippen molar-refractivity contribution in [2.75, 3.05) is 18.4 Å². The fraction of sp³-hybridized carbons (Fsp3) is 0.292. The first-order valence-electron chi connectivity index (χ1n) is 11.6. The van der Waals surface area contributed by atoms with Crippen molar-refractivity contribution in [3.63, 3.8) is 0 Å². The maximum absolute atomic E-state index is 12.8. The molecule has 0 bridgehead atoms. The van der Waals surface area contributed by atoms with Gasteiger partial charge in [0.2, 0.25) is 17.7 Å². The van der Waals surface area contributed by atoms with Crippen molar-refractivity contribution < 1.29 is 24.1 Å². The topological polar surface area (TPSA) is 221 Å². The molecule has 0 aromatic heterocycles. The Morgan fingerprint density at radius 3 is 2.24 bits per heavy atom. The summed E-state index contributed by atoms with van der Waals surface area (Å²) in [5.41, 5.74) is 5.77. The van der Waals surface area contributed by atoms with E-state index in [1.54, 1.807) is 30.3 Å². The van der Waals surface area contributed by atoms with Crippen LogP contribution in [-0.2, 0) is 14.4 Å². The quantitative estimate of drug-likeness (QED) is 0.0627. The minimum atomic E-state index is -1.02. The van der Waals surface area contributed by atoms with Gasteiger partial charge in [0, 0.05) is 29.9 Å². The number of nitro groups is 1. The normalized spacial score (nSPS) is 11.8. The number of nitrogens with one attached hydrogen (secondary N) is 6. The van der Waals surface area contributed by atoms with E-state index in [-0.39, 0.29) is 30.3 Å². The molecule has 202 valence electrons. The van der Waals surface area contributed by atoms with E-state index in [4.69, 9.17) is 11.1 Å². The van der Waals surface area contributed by atoms with Gasteiger partial charge in [-0.3, -0.25) is 34.7 Å². The number of non-ortho nitro benzene ring substituents is 1. The van der Waals surface area contributed by atoms with Crippen LogP contribution in [0.2, 0.25) is 0 Å². The first kappa shape index (κ1) is 29.2. The van der Waals surface area contributed by atoms with Crippen LogP contribution in [0.1, 0.15) is 30.1 Å². The van der Waals surface area contributed by atoms with Gasteiger partial charge in [-0.15, -0.1) is 0 Å². The van der Waals surface area contributed by atoms with Crippen LogP contribution < -0.4 is 32.3 Å². The number of benzene rings is 2. The molecular weight excluding hydrogens is 496 g/mol. The van der Waals surface area contributed by atoms with E-state index in [0.717, 1.165) is 0 Å². The third-order valence-corrected chi connectivity index (χ3v) is 5.18. The molecule has 2 aromatic rings. The minimum Gasteiger partial charge on any atom is -0.370 e. The van der Waals surface area contributed by atoms with Crippen LogP contribution in [0.15, 0.2) is 54.6 Å². The first-order valence-corrected chi connectivity index (χ1v) is 11.6. The summed E-state index contributed by atoms with van der Waals surface area (Å²) < 4.78 is 0. The maximum atomic E-state index is 12.8. The van der Waals surface area contributed by atoms with Crippen LogP contribution in [0, 0.1) is 15.5 Å². The number of guanidine groups is 1. The van der Waals surface area contributed by atoms with E-state index in [0.29, 0.717) is 12.0 Å². The predicted octanol–water partition coefficient (Wildman–Crippen LogP) is 0.216. The summed E-state index contributed by atoms with van der Waals surface area (Å²) in [7, 11) is 0. The number of rotatable bonds is 13. The van der Waals surface area contributed by atoms with Crippen LogP contribution >= 0.6 is 0 Å². The number of amides is 4. The van der Waals surface area contributed by atoms with E-state index in [9.17, 15) is 29.3 Å². The van der Waals surface area contributed by atoms with Crippen molar-refractivity contribution in [1.29, 1.82) is 5.41 Å². The van der Waals surface area contributed by atoms with Crippen molar-refractivity contribution in [2.24, 2.45) is 5.73 Å². The van der Waals surface area contributed by atoms with Crippen LogP contribution in [0.25, 0.3) is 0 Å². The Kier molecular flexibility index (Phi) is 11.2. The average Bonchev–Trinajstić information content (AvgIpc) is 2.89. The molecule has 8 N–H and O–H groups in total. The largest absolute Gasteiger partial charge is 0.370 e. The van der Waals surface area contributed by atoms with Gasteiger partial charge in [0.05, 0.1) is 11.5 Å². The lowest BCUT2D eigenvalue weighted by molar-refractivity contribution is -0.384. The molecule has 0 aliphatic rings. The summed E-state index contributed by atoms with van der Waals surface area (Å²) in [6.07, 6.45) is 0.537. The van der Waals surface area contributed by atoms with Crippen molar-refractivity contribution in [2.45, 2.75) is 31.8 Å². The Morgan fingerprint density at radius 2 is 1.63 bits per heavy atom. The number of carbonyl (C=O) groups is 4. The lowest BCUT2D eigenvalue weighted by Gasteiger charge is -2.19. The third-order valence-electron chi connectivity index (χ3n) is 5.18. The fourth-order valence-electron chi connectivity index (χ4n) is 3.19. The molecule has 0 spiro atoms. The first-order chi connectivity index (χ1) is 18.1. The molecule has 0 aliphatic heterocycles. The van der Waals surface area contributed by atoms with Crippen LogP contribution in [0.4, 0.5) is 11.4 Å². The summed E-state index contributed by atoms with van der Waals surface area (Å²) in [6, 6.07) is 11.6. The van der Waals surface area contributed by atoms with Crippen LogP contribution in [0.3, 0.4) is 0 Å². The molecule has 4 amide bonds. The molecule has 14 heteroatoms. The second-order valence-electron chi connectivity index (χ2n) is 8.17. The lowest BCUT2D eigenvalue weighted by Crippen LogP contribution is -2.50. The van der Waals surface area contributed by atoms with Crippen molar-refractivity contribution in [3.8, 4) is 0 Å². The van der Waals surface area contributed by atoms with Crippen LogP contribution in [-0.4, -0.2) is 59.7 Å². The molecule has 2 aromatic carbocycles. The molecule has 0 radical (unpaired) electrons. The molecule has 0 fully saturated rings. The Labute approximate surface area is 218 Å². The molecule has 0 saturated carbocycles. The molecule has 0 unspecified atom stereocenters. The van der Waals surface area contributed by atoms with E-state index < -0.39 is 47.2 Å². The second-order valence-corrected chi connectivity index (χ2v) is 8.17. The van der Waals surface area contributed by atoms with Gasteiger partial charge in [-0.2, -0.15) is 0 Å². The van der Waals surface area contributed by atoms with Crippen molar-refractivity contribution in [1.82, 2.24) is 21.3 Å². The standard InChI is InChI=1S/C24H30N8O6/c1-15(29-22(35)16-6-3-2-4-7-16)21(34)28-14-20(33)31-19(8-5-13-27-24(25)26)23(36)30-17-9-11-18(12-10-17)32(37)38/h2-4,6-7,9-12,15,19H,5,8,13-14H2,1H3,(H,28,34)(H,29,35)(H,30,36)(H,31,33)(H4,25,26,27)/t15-,19-/m0/s1. The second kappa shape index (κ2) is 14.5. The van der Waals surface area contributed by atoms with E-state index in [1.807, 2.05) is 0 Å². The maximum Gasteiger partial charge on any atom is 0.269 e. The lowest BCUT2D eigenvalue weighted by atomic mass is 10.1. The van der Waals surface area contributed by atoms with Gasteiger partial charge < -0.3 is 32.3 Å². The third kappa shape index (κ3) is 9.93. The van der Waals surface area contributed by atoms with Crippen molar-refractivity contribution in [3.05, 3.63) is 70.3 Å². The number of anilines is 1. The number of hydrogen-bond acceptors (Lipinski definition) is 7. The molecule has 14 nitrogen and oxygen atoms in total. The number of hydrogen-bond donors (Lipinski definition) is 7. The molecule has 2 atom stereocenters. The Bertz CT molecular complexity index is 1160. The average molecular weight is 527 g/mol. The number of carbonyl (C=O) groups excluding carboxylic acids is 4. The van der Waals surface area contributed by atoms with Crippen LogP contribution in [0.5, 0.6) is 0 Å². The smallest absolute Gasteiger partial charge is 0.269 e. The summed E-state index contributed by atoms with van der Waals surface area (Å²) in [5, 5.41) is 30.7. The summed E-state index contributed by atoms with van der Waals surface area (Å²) in [6.45, 7) is 1.30. The zero-order valence-electron chi connectivity index (χ0n) is 20.7. The number of nitrogens with zero attached hydrogens (tertiary/aromatic N) is 1. The molecule has 0 aliphatic carbocycles. The molecule has 0 heterocycles. The van der Waals surface area contributed by atoms with Gasteiger partial charge in [-0.25, -0.2) is 0 Å². The van der Waals surface area contributed by atoms with Gasteiger partial charge in [0.1, 0.15) is 12.1 Å². The van der Waals surface area contributed by atoms with E-state index >= 15 is 0 Å². The molecular formula is C24H30N8O6. The Morgan fingerprint density at radius 1 is 0.974 bits per heavy atom. The zero-order chi connectivity index (χ0) is 28.1. The highest BCUT2D eigenvalue weighted by Gasteiger charge is 2.22. The van der Waals surface area contributed by atoms with Gasteiger partial charge in [0.15, 0.2) is 5.96 Å². The summed E-state index contributed by atoms with van der Waals surface area (Å²) in [5.74, 6) is -2.51. The highest BCUT2D eigenvalue weighted by molar-refractivity contribution is 5.99. The van der Waals surface area contributed by atoms with Crippen molar-refractivity contribution >= 4 is 41.0 Å². The number of nitrogens with two attached hydrogens (primary N) is 1. The molecule has 2 rings (SSSR count). The van der Waals surface area contributed by atoms with Gasteiger partial charge >= 0.3 is 0 Å². The monoisotopic (exact) mass is 526 g/mol.